The van der Waals surface area contributed by atoms with Crippen molar-refractivity contribution in [2.45, 2.75) is 18.4 Å². The summed E-state index contributed by atoms with van der Waals surface area (Å²) in [6.07, 6.45) is 1.65. The Labute approximate surface area is 119 Å². The van der Waals surface area contributed by atoms with Gasteiger partial charge in [-0.15, -0.1) is 0 Å². The predicted octanol–water partition coefficient (Wildman–Crippen LogP) is 0.445. The summed E-state index contributed by atoms with van der Waals surface area (Å²) in [4.78, 5) is 14.6. The molecule has 1 atom stereocenters. The minimum absolute atomic E-state index is 0.268. The summed E-state index contributed by atoms with van der Waals surface area (Å²) >= 11 is 0. The molecule has 0 aliphatic carbocycles. The number of nitrogens with one attached hydrogen (secondary N) is 1. The molecule has 5 heteroatoms. The Balaban J connectivity index is 2.06. The molecule has 1 saturated heterocycles. The van der Waals surface area contributed by atoms with Crippen LogP contribution >= 0.6 is 0 Å². The van der Waals surface area contributed by atoms with Crippen LogP contribution in [0.1, 0.15) is 18.4 Å². The Morgan fingerprint density at radius 1 is 1.30 bits per heavy atom. The number of fused-ring (bicyclic) bond motifs is 1. The summed E-state index contributed by atoms with van der Waals surface area (Å²) in [5, 5.41) is 3.37. The summed E-state index contributed by atoms with van der Waals surface area (Å²) in [7, 11) is 0. The molecule has 2 aliphatic rings. The molecule has 0 radical (unpaired) electrons. The van der Waals surface area contributed by atoms with E-state index in [0.717, 1.165) is 43.9 Å². The molecule has 1 aromatic rings. The standard InChI is InChI=1S/C15H21N3O2/c16-14(19)15(18-9-3-7-17-8-10-18)6-11-20-13-5-2-1-4-12(13)15/h1-2,4-5,17H,3,6-11H2,(H2,16,19). The normalized spacial score (nSPS) is 27.2. The van der Waals surface area contributed by atoms with Gasteiger partial charge in [0.05, 0.1) is 6.61 Å². The van der Waals surface area contributed by atoms with Crippen LogP contribution in [-0.2, 0) is 10.3 Å². The van der Waals surface area contributed by atoms with E-state index in [9.17, 15) is 4.79 Å². The fraction of sp³-hybridized carbons (Fsp3) is 0.533. The van der Waals surface area contributed by atoms with E-state index in [-0.39, 0.29) is 5.91 Å². The van der Waals surface area contributed by atoms with Gasteiger partial charge in [0.15, 0.2) is 0 Å². The molecule has 0 saturated carbocycles. The molecule has 2 aliphatic heterocycles. The number of carbonyl (C=O) groups excluding carboxylic acids is 1. The van der Waals surface area contributed by atoms with Gasteiger partial charge in [-0.1, -0.05) is 18.2 Å². The summed E-state index contributed by atoms with van der Waals surface area (Å²) in [6.45, 7) is 4.12. The third kappa shape index (κ3) is 2.07. The van der Waals surface area contributed by atoms with Crippen LogP contribution in [0.2, 0.25) is 0 Å². The molecule has 0 bridgehead atoms. The maximum atomic E-state index is 12.4. The lowest BCUT2D eigenvalue weighted by Gasteiger charge is -2.44. The topological polar surface area (TPSA) is 67.6 Å². The first-order valence-corrected chi connectivity index (χ1v) is 7.23. The molecule has 1 fully saturated rings. The highest BCUT2D eigenvalue weighted by molar-refractivity contribution is 5.87. The van der Waals surface area contributed by atoms with Gasteiger partial charge in [0.1, 0.15) is 11.3 Å². The maximum absolute atomic E-state index is 12.4. The average molecular weight is 275 g/mol. The lowest BCUT2D eigenvalue weighted by atomic mass is 9.81. The van der Waals surface area contributed by atoms with E-state index in [2.05, 4.69) is 10.2 Å². The number of nitrogens with zero attached hydrogens (tertiary/aromatic N) is 1. The minimum atomic E-state index is -0.721. The molecule has 0 spiro atoms. The molecule has 1 unspecified atom stereocenters. The van der Waals surface area contributed by atoms with Gasteiger partial charge >= 0.3 is 0 Å². The van der Waals surface area contributed by atoms with Gasteiger partial charge in [-0.05, 0) is 19.0 Å². The van der Waals surface area contributed by atoms with Crippen LogP contribution < -0.4 is 15.8 Å². The molecule has 0 aromatic heterocycles. The number of amides is 1. The van der Waals surface area contributed by atoms with Crippen molar-refractivity contribution in [2.75, 3.05) is 32.8 Å². The van der Waals surface area contributed by atoms with Gasteiger partial charge in [-0.25, -0.2) is 0 Å². The molecular formula is C15H21N3O2. The van der Waals surface area contributed by atoms with E-state index in [1.807, 2.05) is 24.3 Å². The van der Waals surface area contributed by atoms with Crippen LogP contribution in [0.15, 0.2) is 24.3 Å². The Hall–Kier alpha value is -1.59. The first-order valence-electron chi connectivity index (χ1n) is 7.23. The number of hydrogen-bond acceptors (Lipinski definition) is 4. The van der Waals surface area contributed by atoms with Crippen molar-refractivity contribution in [1.29, 1.82) is 0 Å². The highest BCUT2D eigenvalue weighted by Crippen LogP contribution is 2.41. The van der Waals surface area contributed by atoms with Crippen molar-refractivity contribution in [2.24, 2.45) is 5.73 Å². The second-order valence-electron chi connectivity index (χ2n) is 5.41. The lowest BCUT2D eigenvalue weighted by Crippen LogP contribution is -2.58. The van der Waals surface area contributed by atoms with Crippen molar-refractivity contribution in [3.8, 4) is 5.75 Å². The molecule has 5 nitrogen and oxygen atoms in total. The van der Waals surface area contributed by atoms with Crippen LogP contribution in [0.5, 0.6) is 5.75 Å². The van der Waals surface area contributed by atoms with Crippen molar-refractivity contribution < 1.29 is 9.53 Å². The Morgan fingerprint density at radius 2 is 2.15 bits per heavy atom. The number of primary amides is 1. The van der Waals surface area contributed by atoms with Crippen LogP contribution in [0, 0.1) is 0 Å². The van der Waals surface area contributed by atoms with E-state index in [4.69, 9.17) is 10.5 Å². The fourth-order valence-electron chi connectivity index (χ4n) is 3.35. The van der Waals surface area contributed by atoms with Crippen molar-refractivity contribution in [3.63, 3.8) is 0 Å². The Bertz CT molecular complexity index is 498. The fourth-order valence-corrected chi connectivity index (χ4v) is 3.35. The Morgan fingerprint density at radius 3 is 3.00 bits per heavy atom. The number of para-hydroxylation sites is 1. The lowest BCUT2D eigenvalue weighted by molar-refractivity contribution is -0.133. The zero-order chi connectivity index (χ0) is 14.0. The molecule has 3 rings (SSSR count). The molecule has 3 N–H and O–H groups in total. The number of hydrogen-bond donors (Lipinski definition) is 2. The third-order valence-electron chi connectivity index (χ3n) is 4.34. The molecule has 2 heterocycles. The molecule has 20 heavy (non-hydrogen) atoms. The minimum Gasteiger partial charge on any atom is -0.493 e. The van der Waals surface area contributed by atoms with E-state index in [1.54, 1.807) is 0 Å². The van der Waals surface area contributed by atoms with Crippen LogP contribution in [0.4, 0.5) is 0 Å². The third-order valence-corrected chi connectivity index (χ3v) is 4.34. The van der Waals surface area contributed by atoms with E-state index >= 15 is 0 Å². The average Bonchev–Trinajstić information content (AvgIpc) is 2.75. The molecular weight excluding hydrogens is 254 g/mol. The molecule has 108 valence electrons. The number of rotatable bonds is 2. The monoisotopic (exact) mass is 275 g/mol. The van der Waals surface area contributed by atoms with Crippen molar-refractivity contribution in [3.05, 3.63) is 29.8 Å². The zero-order valence-corrected chi connectivity index (χ0v) is 11.6. The van der Waals surface area contributed by atoms with E-state index in [1.165, 1.54) is 0 Å². The zero-order valence-electron chi connectivity index (χ0n) is 11.6. The van der Waals surface area contributed by atoms with Crippen LogP contribution in [0.25, 0.3) is 0 Å². The van der Waals surface area contributed by atoms with Gasteiger partial charge < -0.3 is 15.8 Å². The smallest absolute Gasteiger partial charge is 0.242 e. The quantitative estimate of drug-likeness (QED) is 0.822. The number of nitrogens with two attached hydrogens (primary N) is 1. The van der Waals surface area contributed by atoms with Crippen molar-refractivity contribution >= 4 is 5.91 Å². The highest BCUT2D eigenvalue weighted by Gasteiger charge is 2.47. The highest BCUT2D eigenvalue weighted by atomic mass is 16.5. The summed E-state index contributed by atoms with van der Waals surface area (Å²) in [6, 6.07) is 7.76. The van der Waals surface area contributed by atoms with E-state index < -0.39 is 5.54 Å². The van der Waals surface area contributed by atoms with Crippen LogP contribution in [0.3, 0.4) is 0 Å². The van der Waals surface area contributed by atoms with Gasteiger partial charge in [0, 0.05) is 31.6 Å². The first-order chi connectivity index (χ1) is 9.75. The molecule has 1 aromatic carbocycles. The van der Waals surface area contributed by atoms with E-state index in [0.29, 0.717) is 13.0 Å². The molecule has 1 amide bonds. The Kier molecular flexibility index (Phi) is 3.63. The first kappa shape index (κ1) is 13.4. The van der Waals surface area contributed by atoms with Gasteiger partial charge in [0.2, 0.25) is 5.91 Å². The summed E-state index contributed by atoms with van der Waals surface area (Å²) < 4.78 is 5.70. The second-order valence-corrected chi connectivity index (χ2v) is 5.41. The number of carbonyl (C=O) groups is 1. The largest absolute Gasteiger partial charge is 0.493 e. The maximum Gasteiger partial charge on any atom is 0.242 e. The summed E-state index contributed by atoms with van der Waals surface area (Å²) in [5.74, 6) is 0.518. The SMILES string of the molecule is NC(=O)C1(N2CCCNCC2)CCOc2ccccc21. The second kappa shape index (κ2) is 5.42. The van der Waals surface area contributed by atoms with Crippen LogP contribution in [-0.4, -0.2) is 43.6 Å². The number of benzene rings is 1. The predicted molar refractivity (Wildman–Crippen MR) is 76.5 cm³/mol. The number of ether oxygens (including phenoxy) is 1. The van der Waals surface area contributed by atoms with Gasteiger partial charge in [-0.3, -0.25) is 9.69 Å². The van der Waals surface area contributed by atoms with Crippen molar-refractivity contribution in [1.82, 2.24) is 10.2 Å². The van der Waals surface area contributed by atoms with Gasteiger partial charge in [0.25, 0.3) is 0 Å². The van der Waals surface area contributed by atoms with Gasteiger partial charge in [-0.2, -0.15) is 0 Å². The summed E-state index contributed by atoms with van der Waals surface area (Å²) in [5.41, 5.74) is 6.04.